The van der Waals surface area contributed by atoms with Crippen LogP contribution in [0.2, 0.25) is 0 Å². The summed E-state index contributed by atoms with van der Waals surface area (Å²) in [4.78, 5) is 46.0. The second-order valence-corrected chi connectivity index (χ2v) is 11.5. The molecule has 1 fully saturated rings. The minimum atomic E-state index is -4.69. The van der Waals surface area contributed by atoms with Crippen LogP contribution in [0.25, 0.3) is 0 Å². The predicted octanol–water partition coefficient (Wildman–Crippen LogP) is 2.09. The van der Waals surface area contributed by atoms with Crippen molar-refractivity contribution >= 4 is 23.4 Å². The molecule has 4 rings (SSSR count). The summed E-state index contributed by atoms with van der Waals surface area (Å²) in [5.74, 6) is -2.65. The third kappa shape index (κ3) is 7.36. The number of alkyl halides is 3. The van der Waals surface area contributed by atoms with E-state index in [9.17, 15) is 37.1 Å². The molecule has 3 heterocycles. The molecule has 3 amide bonds. The zero-order valence-corrected chi connectivity index (χ0v) is 23.8. The van der Waals surface area contributed by atoms with Crippen LogP contribution in [0.5, 0.6) is 0 Å². The number of hydrazone groups is 1. The van der Waals surface area contributed by atoms with Gasteiger partial charge in [-0.05, 0) is 62.1 Å². The number of benzene rings is 1. The van der Waals surface area contributed by atoms with Gasteiger partial charge in [-0.2, -0.15) is 18.3 Å². The number of aliphatic hydroxyl groups is 1. The first-order chi connectivity index (χ1) is 20.1. The Kier molecular flexibility index (Phi) is 9.21. The lowest BCUT2D eigenvalue weighted by molar-refractivity contribution is -0.164. The Morgan fingerprint density at radius 2 is 1.93 bits per heavy atom. The molecule has 0 radical (unpaired) electrons. The highest BCUT2D eigenvalue weighted by Crippen LogP contribution is 2.39. The molecule has 2 aromatic rings. The largest absolute Gasteiger partial charge is 0.408 e. The number of nitrogens with zero attached hydrogens (tertiary/aromatic N) is 4. The Labute approximate surface area is 245 Å². The third-order valence-corrected chi connectivity index (χ3v) is 7.60. The number of nitrogens with one attached hydrogen (secondary N) is 1. The first kappa shape index (κ1) is 32.0. The molecule has 0 bridgehead atoms. The van der Waals surface area contributed by atoms with E-state index in [1.807, 2.05) is 0 Å². The third-order valence-electron chi connectivity index (χ3n) is 7.60. The van der Waals surface area contributed by atoms with Crippen LogP contribution in [0.4, 0.5) is 17.6 Å². The van der Waals surface area contributed by atoms with Crippen molar-refractivity contribution in [2.75, 3.05) is 19.6 Å². The quantitative estimate of drug-likeness (QED) is 0.354. The predicted molar refractivity (Wildman–Crippen MR) is 148 cm³/mol. The van der Waals surface area contributed by atoms with E-state index in [2.05, 4.69) is 15.4 Å². The Bertz CT molecular complexity index is 1400. The monoisotopic (exact) mass is 606 g/mol. The number of fused-ring (bicyclic) bond motifs is 1. The number of aryl methyl sites for hydroxylation is 1. The number of aliphatic hydroxyl groups excluding tert-OH is 1. The van der Waals surface area contributed by atoms with E-state index in [0.717, 1.165) is 0 Å². The number of rotatable bonds is 10. The molecule has 10 nitrogen and oxygen atoms in total. The highest BCUT2D eigenvalue weighted by molar-refractivity contribution is 6.13. The Balaban J connectivity index is 1.64. The summed E-state index contributed by atoms with van der Waals surface area (Å²) in [7, 11) is 0. The average molecular weight is 607 g/mol. The van der Waals surface area contributed by atoms with Crippen LogP contribution in [0.3, 0.4) is 0 Å². The SMILES string of the molecule is CC(C)(N)C(=O)NC(CCc1cc(F)ccc1CO)C(=O)N1CCC2=NN(CC(F)(F)F)C(=O)C2(Cc2ccccn2)C1. The summed E-state index contributed by atoms with van der Waals surface area (Å²) in [6.07, 6.45) is -3.15. The summed E-state index contributed by atoms with van der Waals surface area (Å²) >= 11 is 0. The van der Waals surface area contributed by atoms with E-state index in [1.165, 1.54) is 43.1 Å². The molecule has 0 spiro atoms. The molecular formula is C29H34F4N6O4. The molecule has 232 valence electrons. The number of aromatic nitrogens is 1. The lowest BCUT2D eigenvalue weighted by atomic mass is 9.74. The molecule has 4 N–H and O–H groups in total. The highest BCUT2D eigenvalue weighted by atomic mass is 19.4. The summed E-state index contributed by atoms with van der Waals surface area (Å²) in [5.41, 5.74) is 4.58. The molecule has 2 aliphatic rings. The normalized spacial score (nSPS) is 19.6. The number of piperidine rings is 1. The molecule has 1 aromatic carbocycles. The number of hydrogen-bond donors (Lipinski definition) is 3. The van der Waals surface area contributed by atoms with Gasteiger partial charge in [0, 0.05) is 37.8 Å². The Morgan fingerprint density at radius 1 is 1.19 bits per heavy atom. The number of amides is 3. The van der Waals surface area contributed by atoms with E-state index in [1.54, 1.807) is 18.2 Å². The van der Waals surface area contributed by atoms with E-state index in [4.69, 9.17) is 5.73 Å². The molecule has 2 aliphatic heterocycles. The molecule has 1 aromatic heterocycles. The maximum Gasteiger partial charge on any atom is 0.408 e. The number of carbonyl (C=O) groups is 3. The van der Waals surface area contributed by atoms with Gasteiger partial charge in [0.15, 0.2) is 0 Å². The van der Waals surface area contributed by atoms with Gasteiger partial charge in [0.05, 0.1) is 17.9 Å². The summed E-state index contributed by atoms with van der Waals surface area (Å²) < 4.78 is 53.9. The molecule has 43 heavy (non-hydrogen) atoms. The Morgan fingerprint density at radius 3 is 2.56 bits per heavy atom. The number of hydrogen-bond acceptors (Lipinski definition) is 7. The van der Waals surface area contributed by atoms with Crippen molar-refractivity contribution in [2.45, 2.75) is 63.9 Å². The molecule has 1 saturated heterocycles. The van der Waals surface area contributed by atoms with Gasteiger partial charge in [0.2, 0.25) is 11.8 Å². The van der Waals surface area contributed by atoms with Gasteiger partial charge in [0.25, 0.3) is 5.91 Å². The van der Waals surface area contributed by atoms with Gasteiger partial charge >= 0.3 is 6.18 Å². The minimum absolute atomic E-state index is 0.00403. The van der Waals surface area contributed by atoms with Crippen LogP contribution < -0.4 is 11.1 Å². The van der Waals surface area contributed by atoms with Gasteiger partial charge in [-0.3, -0.25) is 19.4 Å². The van der Waals surface area contributed by atoms with E-state index in [0.29, 0.717) is 21.8 Å². The fourth-order valence-electron chi connectivity index (χ4n) is 5.37. The maximum atomic E-state index is 14.0. The molecule has 2 unspecified atom stereocenters. The van der Waals surface area contributed by atoms with Crippen molar-refractivity contribution in [3.05, 3.63) is 65.2 Å². The smallest absolute Gasteiger partial charge is 0.392 e. The molecule has 0 saturated carbocycles. The van der Waals surface area contributed by atoms with E-state index < -0.39 is 53.3 Å². The number of likely N-dealkylation sites (tertiary alicyclic amines) is 1. The van der Waals surface area contributed by atoms with Gasteiger partial charge in [-0.15, -0.1) is 0 Å². The van der Waals surface area contributed by atoms with Gasteiger partial charge in [-0.25, -0.2) is 9.40 Å². The number of carbonyl (C=O) groups excluding carboxylic acids is 3. The topological polar surface area (TPSA) is 141 Å². The molecule has 2 atom stereocenters. The van der Waals surface area contributed by atoms with E-state index >= 15 is 0 Å². The summed E-state index contributed by atoms with van der Waals surface area (Å²) in [5, 5.41) is 16.8. The van der Waals surface area contributed by atoms with Crippen molar-refractivity contribution in [1.29, 1.82) is 0 Å². The van der Waals surface area contributed by atoms with Crippen molar-refractivity contribution in [1.82, 2.24) is 20.2 Å². The van der Waals surface area contributed by atoms with Crippen LogP contribution >= 0.6 is 0 Å². The molecular weight excluding hydrogens is 572 g/mol. The second-order valence-electron chi connectivity index (χ2n) is 11.5. The zero-order chi connectivity index (χ0) is 31.6. The molecule has 14 heteroatoms. The van der Waals surface area contributed by atoms with Gasteiger partial charge in [-0.1, -0.05) is 12.1 Å². The van der Waals surface area contributed by atoms with Crippen molar-refractivity contribution in [3.8, 4) is 0 Å². The maximum absolute atomic E-state index is 14.0. The van der Waals surface area contributed by atoms with Crippen LogP contribution in [0.1, 0.15) is 43.5 Å². The van der Waals surface area contributed by atoms with Gasteiger partial charge in [0.1, 0.15) is 23.8 Å². The van der Waals surface area contributed by atoms with Crippen LogP contribution in [0.15, 0.2) is 47.7 Å². The van der Waals surface area contributed by atoms with Gasteiger partial charge < -0.3 is 21.1 Å². The molecule has 0 aliphatic carbocycles. The van der Waals surface area contributed by atoms with Crippen molar-refractivity contribution < 1.29 is 37.1 Å². The first-order valence-electron chi connectivity index (χ1n) is 13.8. The Hall–Kier alpha value is -3.91. The number of halogens is 4. The lowest BCUT2D eigenvalue weighted by Gasteiger charge is -2.40. The highest BCUT2D eigenvalue weighted by Gasteiger charge is 2.56. The number of nitrogens with two attached hydrogens (primary N) is 1. The summed E-state index contributed by atoms with van der Waals surface area (Å²) in [6, 6.07) is 7.67. The van der Waals surface area contributed by atoms with Crippen LogP contribution in [-0.2, 0) is 33.8 Å². The fourth-order valence-corrected chi connectivity index (χ4v) is 5.37. The second kappa shape index (κ2) is 12.4. The van der Waals surface area contributed by atoms with Crippen molar-refractivity contribution in [3.63, 3.8) is 0 Å². The zero-order valence-electron chi connectivity index (χ0n) is 23.8. The van der Waals surface area contributed by atoms with Crippen LogP contribution in [0, 0.1) is 11.2 Å². The minimum Gasteiger partial charge on any atom is -0.392 e. The fraction of sp³-hybridized carbons (Fsp3) is 0.483. The van der Waals surface area contributed by atoms with E-state index in [-0.39, 0.29) is 51.1 Å². The van der Waals surface area contributed by atoms with Crippen molar-refractivity contribution in [2.24, 2.45) is 16.3 Å². The van der Waals surface area contributed by atoms with Crippen LogP contribution in [-0.4, -0.2) is 80.8 Å². The standard InChI is InChI=1S/C29H34F4N6O4/c1-27(2,34)25(42)36-22(9-7-18-13-20(30)8-6-19(18)15-40)24(41)38-12-10-23-28(16-38,14-21-5-3-4-11-35-21)26(43)39(37-23)17-29(31,32)33/h3-6,8,11,13,22,40H,7,9-10,12,14-17,34H2,1-2H3,(H,36,42). The summed E-state index contributed by atoms with van der Waals surface area (Å²) in [6.45, 7) is 0.732. The lowest BCUT2D eigenvalue weighted by Crippen LogP contribution is -2.61. The average Bonchev–Trinajstić information content (AvgIpc) is 3.19. The number of pyridine rings is 1. The first-order valence-corrected chi connectivity index (χ1v) is 13.8.